The summed E-state index contributed by atoms with van der Waals surface area (Å²) in [6.45, 7) is 0. The monoisotopic (exact) mass is 292 g/mol. The molecule has 0 nitrogen and oxygen atoms in total. The third-order valence-electron chi connectivity index (χ3n) is 4.92. The Morgan fingerprint density at radius 1 is 0.652 bits per heavy atom. The number of allylic oxidation sites excluding steroid dienone is 6. The molecule has 23 heavy (non-hydrogen) atoms. The predicted molar refractivity (Wildman–Crippen MR) is 98.2 cm³/mol. The Bertz CT molecular complexity index is 995. The first-order valence-corrected chi connectivity index (χ1v) is 8.10. The summed E-state index contributed by atoms with van der Waals surface area (Å²) in [5.74, 6) is 0.305. The Balaban J connectivity index is 1.84. The van der Waals surface area contributed by atoms with Crippen LogP contribution >= 0.6 is 0 Å². The van der Waals surface area contributed by atoms with Gasteiger partial charge >= 0.3 is 0 Å². The molecular formula is C23H16. The molecule has 0 radical (unpaired) electrons. The van der Waals surface area contributed by atoms with Crippen molar-refractivity contribution in [1.82, 2.24) is 0 Å². The largest absolute Gasteiger partial charge is 0.0726 e. The zero-order valence-corrected chi connectivity index (χ0v) is 12.7. The number of benzene rings is 3. The van der Waals surface area contributed by atoms with E-state index >= 15 is 0 Å². The number of hydrogen-bond donors (Lipinski definition) is 0. The molecule has 3 aromatic carbocycles. The summed E-state index contributed by atoms with van der Waals surface area (Å²) >= 11 is 0. The van der Waals surface area contributed by atoms with Crippen molar-refractivity contribution in [3.63, 3.8) is 0 Å². The molecule has 0 spiro atoms. The molecule has 2 aliphatic rings. The lowest BCUT2D eigenvalue weighted by atomic mass is 9.86. The fourth-order valence-corrected chi connectivity index (χ4v) is 3.96. The van der Waals surface area contributed by atoms with Crippen LogP contribution in [0.25, 0.3) is 21.9 Å². The highest BCUT2D eigenvalue weighted by atomic mass is 14.3. The molecule has 0 N–H and O–H groups in total. The van der Waals surface area contributed by atoms with Crippen molar-refractivity contribution in [2.24, 2.45) is 0 Å². The van der Waals surface area contributed by atoms with Crippen molar-refractivity contribution in [2.45, 2.75) is 5.92 Å². The molecule has 0 fully saturated rings. The first-order chi connectivity index (χ1) is 11.4. The summed E-state index contributed by atoms with van der Waals surface area (Å²) < 4.78 is 0. The maximum absolute atomic E-state index is 2.32. The van der Waals surface area contributed by atoms with Crippen LogP contribution in [0.5, 0.6) is 0 Å². The SMILES string of the molecule is C1=CC2=C(c3cccc4cccc2c34)C(c2ccccc2)C=C1. The lowest BCUT2D eigenvalue weighted by Crippen LogP contribution is -1.98. The maximum Gasteiger partial charge on any atom is 0.0284 e. The van der Waals surface area contributed by atoms with E-state index in [1.165, 1.54) is 38.6 Å². The summed E-state index contributed by atoms with van der Waals surface area (Å²) in [6.07, 6.45) is 8.93. The van der Waals surface area contributed by atoms with E-state index in [9.17, 15) is 0 Å². The van der Waals surface area contributed by atoms with E-state index in [0.29, 0.717) is 5.92 Å². The van der Waals surface area contributed by atoms with Gasteiger partial charge in [0.25, 0.3) is 0 Å². The molecule has 0 heterocycles. The summed E-state index contributed by atoms with van der Waals surface area (Å²) in [4.78, 5) is 0. The van der Waals surface area contributed by atoms with Gasteiger partial charge in [-0.3, -0.25) is 0 Å². The minimum absolute atomic E-state index is 0.305. The molecule has 0 aromatic heterocycles. The molecule has 0 saturated heterocycles. The van der Waals surface area contributed by atoms with Crippen molar-refractivity contribution in [1.29, 1.82) is 0 Å². The molecule has 1 unspecified atom stereocenters. The van der Waals surface area contributed by atoms with Gasteiger partial charge in [0, 0.05) is 5.92 Å². The number of fused-ring (bicyclic) bond motifs is 2. The zero-order chi connectivity index (χ0) is 15.2. The van der Waals surface area contributed by atoms with Gasteiger partial charge in [-0.1, -0.05) is 91.0 Å². The van der Waals surface area contributed by atoms with Crippen LogP contribution in [0.4, 0.5) is 0 Å². The summed E-state index contributed by atoms with van der Waals surface area (Å²) in [7, 11) is 0. The van der Waals surface area contributed by atoms with Gasteiger partial charge in [0.2, 0.25) is 0 Å². The molecule has 108 valence electrons. The van der Waals surface area contributed by atoms with Crippen molar-refractivity contribution in [2.75, 3.05) is 0 Å². The van der Waals surface area contributed by atoms with Gasteiger partial charge in [-0.2, -0.15) is 0 Å². The first kappa shape index (κ1) is 12.7. The topological polar surface area (TPSA) is 0 Å². The van der Waals surface area contributed by atoms with Crippen LogP contribution in [-0.4, -0.2) is 0 Å². The molecule has 0 amide bonds. The fraction of sp³-hybridized carbons (Fsp3) is 0.0435. The third kappa shape index (κ3) is 1.78. The van der Waals surface area contributed by atoms with E-state index in [1.807, 2.05) is 0 Å². The summed E-state index contributed by atoms with van der Waals surface area (Å²) in [6, 6.07) is 24.1. The maximum atomic E-state index is 2.32. The number of hydrogen-bond acceptors (Lipinski definition) is 0. The van der Waals surface area contributed by atoms with E-state index in [-0.39, 0.29) is 0 Å². The molecule has 0 bridgehead atoms. The van der Waals surface area contributed by atoms with Crippen molar-refractivity contribution in [3.05, 3.63) is 108 Å². The van der Waals surface area contributed by atoms with Crippen LogP contribution in [0.1, 0.15) is 22.6 Å². The molecule has 0 heteroatoms. The van der Waals surface area contributed by atoms with Gasteiger partial charge in [-0.05, 0) is 38.6 Å². The Labute approximate surface area is 136 Å². The van der Waals surface area contributed by atoms with Gasteiger partial charge in [0.15, 0.2) is 0 Å². The van der Waals surface area contributed by atoms with Crippen molar-refractivity contribution in [3.8, 4) is 0 Å². The van der Waals surface area contributed by atoms with Crippen LogP contribution in [0.15, 0.2) is 91.0 Å². The van der Waals surface area contributed by atoms with E-state index in [0.717, 1.165) is 0 Å². The Hall–Kier alpha value is -2.86. The Morgan fingerprint density at radius 2 is 1.43 bits per heavy atom. The lowest BCUT2D eigenvalue weighted by Gasteiger charge is -2.17. The highest BCUT2D eigenvalue weighted by Gasteiger charge is 2.28. The van der Waals surface area contributed by atoms with Crippen LogP contribution in [-0.2, 0) is 0 Å². The Kier molecular flexibility index (Phi) is 2.65. The summed E-state index contributed by atoms with van der Waals surface area (Å²) in [5, 5.41) is 2.73. The van der Waals surface area contributed by atoms with Crippen LogP contribution < -0.4 is 0 Å². The zero-order valence-electron chi connectivity index (χ0n) is 12.7. The molecule has 3 aromatic rings. The highest BCUT2D eigenvalue weighted by molar-refractivity contribution is 6.17. The van der Waals surface area contributed by atoms with Gasteiger partial charge in [-0.15, -0.1) is 0 Å². The van der Waals surface area contributed by atoms with Crippen molar-refractivity contribution < 1.29 is 0 Å². The predicted octanol–water partition coefficient (Wildman–Crippen LogP) is 5.97. The van der Waals surface area contributed by atoms with E-state index in [1.54, 1.807) is 0 Å². The standard InChI is InChI=1S/C23H16/c1-2-8-16(9-3-1)18-12-4-5-13-20-19-14-6-10-17-11-7-15-21(22(17)19)23(18)20/h1-15,18H. The second-order valence-electron chi connectivity index (χ2n) is 6.17. The molecule has 0 aliphatic heterocycles. The van der Waals surface area contributed by atoms with Gasteiger partial charge in [-0.25, -0.2) is 0 Å². The van der Waals surface area contributed by atoms with E-state index in [4.69, 9.17) is 0 Å². The van der Waals surface area contributed by atoms with Crippen LogP contribution in [0.3, 0.4) is 0 Å². The van der Waals surface area contributed by atoms with Gasteiger partial charge < -0.3 is 0 Å². The molecule has 0 saturated carbocycles. The quantitative estimate of drug-likeness (QED) is 0.518. The Morgan fingerprint density at radius 3 is 2.26 bits per heavy atom. The van der Waals surface area contributed by atoms with Crippen LogP contribution in [0.2, 0.25) is 0 Å². The summed E-state index contributed by atoms with van der Waals surface area (Å²) in [5.41, 5.74) is 6.92. The van der Waals surface area contributed by atoms with Crippen LogP contribution in [0, 0.1) is 0 Å². The molecule has 1 atom stereocenters. The normalized spacial score (nSPS) is 18.3. The van der Waals surface area contributed by atoms with E-state index < -0.39 is 0 Å². The van der Waals surface area contributed by atoms with Gasteiger partial charge in [0.05, 0.1) is 0 Å². The van der Waals surface area contributed by atoms with Crippen molar-refractivity contribution >= 4 is 21.9 Å². The first-order valence-electron chi connectivity index (χ1n) is 8.10. The number of rotatable bonds is 1. The average Bonchev–Trinajstić information content (AvgIpc) is 2.79. The minimum Gasteiger partial charge on any atom is -0.0726 e. The molecule has 5 rings (SSSR count). The lowest BCUT2D eigenvalue weighted by molar-refractivity contribution is 1.11. The smallest absolute Gasteiger partial charge is 0.0284 e. The minimum atomic E-state index is 0.305. The highest BCUT2D eigenvalue weighted by Crippen LogP contribution is 2.49. The van der Waals surface area contributed by atoms with Gasteiger partial charge in [0.1, 0.15) is 0 Å². The average molecular weight is 292 g/mol. The second kappa shape index (κ2) is 4.82. The fourth-order valence-electron chi connectivity index (χ4n) is 3.96. The molecular weight excluding hydrogens is 276 g/mol. The van der Waals surface area contributed by atoms with E-state index in [2.05, 4.69) is 91.0 Å². The molecule has 2 aliphatic carbocycles. The third-order valence-corrected chi connectivity index (χ3v) is 4.92. The second-order valence-corrected chi connectivity index (χ2v) is 6.17.